The molecule has 2 aromatic heterocycles. The quantitative estimate of drug-likeness (QED) is 0.0511. The minimum absolute atomic E-state index is 0.162. The number of nitrogens with zero attached hydrogens (tertiary/aromatic N) is 5. The van der Waals surface area contributed by atoms with E-state index in [4.69, 9.17) is 22.1 Å². The summed E-state index contributed by atoms with van der Waals surface area (Å²) in [6, 6.07) is -0.978. The number of hydrogen-bond acceptors (Lipinski definition) is 14. The fraction of sp³-hybridized carbons (Fsp3) is 0.316. The number of thioether (sulfide) groups is 2. The van der Waals surface area contributed by atoms with E-state index < -0.39 is 29.2 Å². The number of oxime groups is 1. The number of carbonyl (C=O) groups is 3. The first-order valence-corrected chi connectivity index (χ1v) is 13.1. The number of thiazole rings is 1. The maximum atomic E-state index is 12.9. The molecule has 36 heavy (non-hydrogen) atoms. The summed E-state index contributed by atoms with van der Waals surface area (Å²) in [5, 5.41) is 19.8. The van der Waals surface area contributed by atoms with Gasteiger partial charge in [0.15, 0.2) is 10.8 Å². The Morgan fingerprint density at radius 3 is 2.81 bits per heavy atom. The number of rotatable bonds is 8. The second-order valence-corrected chi connectivity index (χ2v) is 10.5. The van der Waals surface area contributed by atoms with E-state index in [1.807, 2.05) is 0 Å². The Hall–Kier alpha value is -3.57. The number of hydrogen-bond donors (Lipinski definition) is 4. The second-order valence-electron chi connectivity index (χ2n) is 7.58. The Labute approximate surface area is 216 Å². The van der Waals surface area contributed by atoms with Crippen LogP contribution in [-0.4, -0.2) is 68.4 Å². The van der Waals surface area contributed by atoms with Crippen molar-refractivity contribution in [1.29, 1.82) is 0 Å². The summed E-state index contributed by atoms with van der Waals surface area (Å²) in [6.07, 6.45) is 1.61. The molecule has 0 radical (unpaired) electrons. The van der Waals surface area contributed by atoms with Gasteiger partial charge in [0.2, 0.25) is 5.82 Å². The summed E-state index contributed by atoms with van der Waals surface area (Å²) in [5.74, 6) is 3.90. The van der Waals surface area contributed by atoms with Gasteiger partial charge in [-0.1, -0.05) is 5.16 Å². The summed E-state index contributed by atoms with van der Waals surface area (Å²) in [7, 11) is 1.26. The molecule has 2 aliphatic rings. The van der Waals surface area contributed by atoms with Crippen molar-refractivity contribution in [2.45, 2.75) is 23.5 Å². The lowest BCUT2D eigenvalue weighted by molar-refractivity contribution is -0.682. The van der Waals surface area contributed by atoms with Crippen molar-refractivity contribution in [2.24, 2.45) is 5.16 Å². The van der Waals surface area contributed by atoms with E-state index in [1.165, 1.54) is 40.7 Å². The van der Waals surface area contributed by atoms with Crippen LogP contribution in [0.3, 0.4) is 0 Å². The lowest BCUT2D eigenvalue weighted by Crippen LogP contribution is -2.71. The van der Waals surface area contributed by atoms with E-state index in [-0.39, 0.29) is 33.7 Å². The molecular formula is C19H21N9O5S3. The van der Waals surface area contributed by atoms with Gasteiger partial charge < -0.3 is 31.5 Å². The number of fused-ring (bicyclic) bond motifs is 1. The predicted molar refractivity (Wildman–Crippen MR) is 132 cm³/mol. The summed E-state index contributed by atoms with van der Waals surface area (Å²) in [4.78, 5) is 51.8. The van der Waals surface area contributed by atoms with Crippen LogP contribution < -0.4 is 32.4 Å². The van der Waals surface area contributed by atoms with Crippen LogP contribution in [0.25, 0.3) is 0 Å². The number of anilines is 2. The summed E-state index contributed by atoms with van der Waals surface area (Å²) in [5.41, 5.74) is 12.4. The zero-order chi connectivity index (χ0) is 26.1. The van der Waals surface area contributed by atoms with E-state index in [0.29, 0.717) is 22.1 Å². The number of aliphatic carboxylic acids is 1. The average molecular weight is 552 g/mol. The summed E-state index contributed by atoms with van der Waals surface area (Å²) < 4.78 is 1.30. The van der Waals surface area contributed by atoms with Gasteiger partial charge in [-0.15, -0.1) is 27.8 Å². The van der Waals surface area contributed by atoms with Crippen molar-refractivity contribution >= 4 is 69.3 Å². The maximum absolute atomic E-state index is 12.9. The smallest absolute Gasteiger partial charge is 0.384 e. The molecule has 0 spiro atoms. The van der Waals surface area contributed by atoms with Gasteiger partial charge in [-0.25, -0.2) is 4.98 Å². The second kappa shape index (κ2) is 10.2. The van der Waals surface area contributed by atoms with Crippen LogP contribution in [0.2, 0.25) is 0 Å². The number of carboxylic acids is 1. The fourth-order valence-corrected chi connectivity index (χ4v) is 6.45. The number of nitrogens with two attached hydrogens (primary N) is 3. The number of carboxylic acid groups (broad SMARTS) is 1. The van der Waals surface area contributed by atoms with Gasteiger partial charge in [0.1, 0.15) is 30.4 Å². The topological polar surface area (TPSA) is 219 Å². The zero-order valence-corrected chi connectivity index (χ0v) is 21.4. The van der Waals surface area contributed by atoms with Crippen molar-refractivity contribution in [3.63, 3.8) is 0 Å². The van der Waals surface area contributed by atoms with E-state index in [2.05, 4.69) is 20.4 Å². The molecule has 4 heterocycles. The number of carbonyl (C=O) groups excluding carboxylic acids is 3. The molecule has 1 unspecified atom stereocenters. The molecule has 0 saturated carbocycles. The average Bonchev–Trinajstić information content (AvgIpc) is 3.27. The number of nitrogens with one attached hydrogen (secondary N) is 1. The van der Waals surface area contributed by atoms with Crippen LogP contribution in [-0.2, 0) is 19.2 Å². The van der Waals surface area contributed by atoms with E-state index >= 15 is 0 Å². The molecule has 0 aliphatic carbocycles. The first kappa shape index (κ1) is 25.5. The minimum atomic E-state index is -1.49. The fourth-order valence-electron chi connectivity index (χ4n) is 3.52. The number of nitrogen functional groups attached to an aromatic ring is 3. The Kier molecular flexibility index (Phi) is 7.23. The highest BCUT2D eigenvalue weighted by atomic mass is 32.2. The third-order valence-electron chi connectivity index (χ3n) is 5.24. The minimum Gasteiger partial charge on any atom is -0.543 e. The standard InChI is InChI=1S/C19H21N9O5S3/c1-7-3-27(22)19(25-13(7)20)36-5-8-4-34-16-11(15(30)28(16)12(8)17(31)32)24-14(29)10(26-33-2)9-6-35-18(21)23-9/h3,6,11,16,20H,4-5,22H2,1-2H3,(H4,21,23,24,29,31,32)/b26-10-/t11?,16-/m1/s1. The summed E-state index contributed by atoms with van der Waals surface area (Å²) >= 11 is 3.60. The predicted octanol–water partition coefficient (Wildman–Crippen LogP) is -2.44. The van der Waals surface area contributed by atoms with Crippen molar-refractivity contribution in [1.82, 2.24) is 20.2 Å². The Bertz CT molecular complexity index is 1310. The number of aromatic nitrogens is 3. The highest BCUT2D eigenvalue weighted by Crippen LogP contribution is 2.41. The molecule has 190 valence electrons. The van der Waals surface area contributed by atoms with Crippen molar-refractivity contribution in [3.8, 4) is 0 Å². The molecule has 7 N–H and O–H groups in total. The maximum Gasteiger partial charge on any atom is 0.384 e. The highest BCUT2D eigenvalue weighted by molar-refractivity contribution is 8.01. The molecule has 14 nitrogen and oxygen atoms in total. The van der Waals surface area contributed by atoms with Crippen LogP contribution in [0, 0.1) is 6.92 Å². The van der Waals surface area contributed by atoms with Crippen LogP contribution >= 0.6 is 34.9 Å². The van der Waals surface area contributed by atoms with Crippen LogP contribution in [0.15, 0.2) is 33.2 Å². The molecule has 0 bridgehead atoms. The monoisotopic (exact) mass is 551 g/mol. The number of aryl methyl sites for hydroxylation is 1. The largest absolute Gasteiger partial charge is 0.543 e. The van der Waals surface area contributed by atoms with Crippen LogP contribution in [0.5, 0.6) is 0 Å². The van der Waals surface area contributed by atoms with Gasteiger partial charge in [0, 0.05) is 16.9 Å². The van der Waals surface area contributed by atoms with Crippen molar-refractivity contribution in [2.75, 3.05) is 35.9 Å². The SMILES string of the molecule is CO/N=C(\C(=O)NC1C(=O)N2C(C(=O)[O-])=C(CSc3nc(N)c(C)c[n+]3N)CS[C@H]12)c1csc(N)n1. The van der Waals surface area contributed by atoms with Gasteiger partial charge in [-0.2, -0.15) is 0 Å². The molecule has 2 atom stereocenters. The highest BCUT2D eigenvalue weighted by Gasteiger charge is 2.53. The Morgan fingerprint density at radius 2 is 2.17 bits per heavy atom. The lowest BCUT2D eigenvalue weighted by atomic mass is 10.0. The Balaban J connectivity index is 1.50. The molecule has 4 rings (SSSR count). The van der Waals surface area contributed by atoms with Crippen LogP contribution in [0.1, 0.15) is 11.3 Å². The van der Waals surface area contributed by atoms with Gasteiger partial charge in [-0.05, 0) is 29.2 Å². The van der Waals surface area contributed by atoms with E-state index in [0.717, 1.165) is 16.2 Å². The Morgan fingerprint density at radius 1 is 1.42 bits per heavy atom. The molecular weight excluding hydrogens is 530 g/mol. The summed E-state index contributed by atoms with van der Waals surface area (Å²) in [6.45, 7) is 1.76. The van der Waals surface area contributed by atoms with E-state index in [1.54, 1.807) is 13.1 Å². The lowest BCUT2D eigenvalue weighted by Gasteiger charge is -2.50. The first-order valence-electron chi connectivity index (χ1n) is 10.2. The molecule has 2 aromatic rings. The number of amides is 2. The molecule has 0 aromatic carbocycles. The molecule has 2 aliphatic heterocycles. The third kappa shape index (κ3) is 4.76. The first-order chi connectivity index (χ1) is 17.1. The zero-order valence-electron chi connectivity index (χ0n) is 19.0. The number of β-lactam (4-membered cyclic amide) rings is 1. The van der Waals surface area contributed by atoms with Gasteiger partial charge in [0.25, 0.3) is 11.8 Å². The van der Waals surface area contributed by atoms with E-state index in [9.17, 15) is 19.5 Å². The van der Waals surface area contributed by atoms with Crippen LogP contribution in [0.4, 0.5) is 10.9 Å². The molecule has 2 amide bonds. The van der Waals surface area contributed by atoms with Crippen molar-refractivity contribution in [3.05, 3.63) is 34.1 Å². The van der Waals surface area contributed by atoms with Gasteiger partial charge in [-0.3, -0.25) is 20.3 Å². The molecule has 1 fully saturated rings. The van der Waals surface area contributed by atoms with Gasteiger partial charge >= 0.3 is 5.16 Å². The van der Waals surface area contributed by atoms with Gasteiger partial charge in [0.05, 0.1) is 17.2 Å². The third-order valence-corrected chi connectivity index (χ3v) is 8.31. The molecule has 17 heteroatoms. The van der Waals surface area contributed by atoms with Crippen molar-refractivity contribution < 1.29 is 29.0 Å². The normalized spacial score (nSPS) is 19.6. The molecule has 1 saturated heterocycles.